The number of likely N-dealkylation sites (N-methyl/N-ethyl adjacent to an activating group) is 1. The molecule has 4 aromatic rings. The van der Waals surface area contributed by atoms with Crippen LogP contribution in [0.2, 0.25) is 20.1 Å². The number of carbonyl (C=O) groups is 2. The van der Waals surface area contributed by atoms with Crippen LogP contribution in [0.4, 0.5) is 0 Å². The maximum Gasteiger partial charge on any atom is 0.347 e. The minimum absolute atomic E-state index is 0.169. The lowest BCUT2D eigenvalue weighted by Crippen LogP contribution is -2.44. The fourth-order valence-corrected chi connectivity index (χ4v) is 6.50. The molecule has 0 radical (unpaired) electrons. The van der Waals surface area contributed by atoms with Gasteiger partial charge in [0.15, 0.2) is 0 Å². The zero-order chi connectivity index (χ0) is 38.1. The van der Waals surface area contributed by atoms with Gasteiger partial charge >= 0.3 is 11.9 Å². The Bertz CT molecular complexity index is 1610. The Labute approximate surface area is 324 Å². The van der Waals surface area contributed by atoms with Crippen molar-refractivity contribution in [3.8, 4) is 0 Å². The molecule has 12 heteroatoms. The topological polar surface area (TPSA) is 117 Å². The molecule has 0 aromatic heterocycles. The van der Waals surface area contributed by atoms with E-state index in [4.69, 9.17) is 55.9 Å². The largest absolute Gasteiger partial charge is 0.463 e. The molecule has 0 spiro atoms. The first kappa shape index (κ1) is 41.3. The number of nitrogens with zero attached hydrogens (tertiary/aromatic N) is 1. The fraction of sp³-hybridized carbons (Fsp3) is 0.300. The lowest BCUT2D eigenvalue weighted by atomic mass is 9.86. The van der Waals surface area contributed by atoms with E-state index in [0.717, 1.165) is 19.3 Å². The maximum atomic E-state index is 12.3. The Morgan fingerprint density at radius 3 is 1.23 bits per heavy atom. The molecule has 276 valence electrons. The van der Waals surface area contributed by atoms with Gasteiger partial charge in [0, 0.05) is 26.1 Å². The van der Waals surface area contributed by atoms with Gasteiger partial charge in [0.2, 0.25) is 11.2 Å². The van der Waals surface area contributed by atoms with Gasteiger partial charge in [0.25, 0.3) is 0 Å². The Morgan fingerprint density at radius 2 is 0.981 bits per heavy atom. The maximum absolute atomic E-state index is 12.3. The molecule has 0 aliphatic carbocycles. The Morgan fingerprint density at radius 1 is 0.673 bits per heavy atom. The summed E-state index contributed by atoms with van der Waals surface area (Å²) < 4.78 is 10.0. The monoisotopic (exact) mass is 787 g/mol. The van der Waals surface area contributed by atoms with Gasteiger partial charge in [-0.05, 0) is 117 Å². The van der Waals surface area contributed by atoms with Gasteiger partial charge in [-0.25, -0.2) is 9.59 Å². The first-order valence-corrected chi connectivity index (χ1v) is 18.2. The average molecular weight is 790 g/mol. The summed E-state index contributed by atoms with van der Waals surface area (Å²) in [7, 11) is 2.00. The van der Waals surface area contributed by atoms with E-state index >= 15 is 0 Å². The summed E-state index contributed by atoms with van der Waals surface area (Å²) in [4.78, 5) is 26.7. The molecule has 2 atom stereocenters. The SMILES string of the molecule is CCOC(=O)C(O)(c1ccc(Cl)cc1)c1ccc(Cl)cc1.CCOC(=O)C(O)(c1ccc(Cl)cc1)c1ccc(Cl)cc1.CN1[C@@H]2CC=C[C@@]1(O)CC2. The first-order chi connectivity index (χ1) is 24.7. The summed E-state index contributed by atoms with van der Waals surface area (Å²) in [6.45, 7) is 3.70. The van der Waals surface area contributed by atoms with Crippen LogP contribution in [0.3, 0.4) is 0 Å². The van der Waals surface area contributed by atoms with Gasteiger partial charge in [0.1, 0.15) is 5.72 Å². The second kappa shape index (κ2) is 18.1. The van der Waals surface area contributed by atoms with Gasteiger partial charge in [-0.15, -0.1) is 0 Å². The normalized spacial score (nSPS) is 18.0. The number of esters is 2. The number of rotatable bonds is 8. The molecule has 3 N–H and O–H groups in total. The number of halogens is 4. The number of carbonyl (C=O) groups excluding carboxylic acids is 2. The van der Waals surface area contributed by atoms with Gasteiger partial charge in [-0.3, -0.25) is 4.90 Å². The fourth-order valence-electron chi connectivity index (χ4n) is 6.00. The number of aliphatic hydroxyl groups is 3. The van der Waals surface area contributed by atoms with Gasteiger partial charge in [-0.1, -0.05) is 101 Å². The Balaban J connectivity index is 0.000000185. The van der Waals surface area contributed by atoms with Gasteiger partial charge in [0.05, 0.1) is 13.2 Å². The van der Waals surface area contributed by atoms with Crippen molar-refractivity contribution in [2.75, 3.05) is 20.3 Å². The molecule has 6 rings (SSSR count). The van der Waals surface area contributed by atoms with E-state index in [1.165, 1.54) is 0 Å². The molecule has 0 amide bonds. The van der Waals surface area contributed by atoms with E-state index in [-0.39, 0.29) is 13.2 Å². The van der Waals surface area contributed by atoms with Crippen LogP contribution >= 0.6 is 46.4 Å². The van der Waals surface area contributed by atoms with Crippen LogP contribution in [0.1, 0.15) is 55.4 Å². The van der Waals surface area contributed by atoms with Crippen molar-refractivity contribution in [2.24, 2.45) is 0 Å². The minimum Gasteiger partial charge on any atom is -0.463 e. The molecule has 2 aliphatic rings. The number of fused-ring (bicyclic) bond motifs is 2. The van der Waals surface area contributed by atoms with Crippen molar-refractivity contribution in [3.63, 3.8) is 0 Å². The molecule has 1 fully saturated rings. The quantitative estimate of drug-likeness (QED) is 0.121. The standard InChI is InChI=1S/2C16H14Cl2O3.C8H13NO/c2*1-2-21-15(19)16(20,11-3-7-13(17)8-4-11)12-5-9-14(18)10-6-12;1-9-7-3-2-5-8(9,10)6-4-7/h2*3-10,20H,2H2,1H3;2,5,7,10H,3-4,6H2,1H3/t;;7-,8-/m..1/s1. The van der Waals surface area contributed by atoms with Crippen molar-refractivity contribution in [1.82, 2.24) is 4.90 Å². The van der Waals surface area contributed by atoms with Crippen LogP contribution in [0.15, 0.2) is 109 Å². The van der Waals surface area contributed by atoms with Crippen LogP contribution in [0.25, 0.3) is 0 Å². The molecule has 1 saturated heterocycles. The average Bonchev–Trinajstić information content (AvgIpc) is 3.27. The van der Waals surface area contributed by atoms with E-state index in [0.29, 0.717) is 48.4 Å². The first-order valence-electron chi connectivity index (χ1n) is 16.6. The predicted molar refractivity (Wildman–Crippen MR) is 205 cm³/mol. The Hall–Kier alpha value is -3.44. The van der Waals surface area contributed by atoms with Crippen LogP contribution in [-0.4, -0.2) is 64.2 Å². The van der Waals surface area contributed by atoms with Crippen molar-refractivity contribution in [3.05, 3.63) is 152 Å². The summed E-state index contributed by atoms with van der Waals surface area (Å²) in [5.41, 5.74) is -2.86. The van der Waals surface area contributed by atoms with Crippen molar-refractivity contribution in [1.29, 1.82) is 0 Å². The highest BCUT2D eigenvalue weighted by Gasteiger charge is 2.43. The van der Waals surface area contributed by atoms with Crippen molar-refractivity contribution >= 4 is 58.3 Å². The molecule has 0 unspecified atom stereocenters. The molecule has 0 saturated carbocycles. The second-order valence-electron chi connectivity index (χ2n) is 12.2. The summed E-state index contributed by atoms with van der Waals surface area (Å²) >= 11 is 23.4. The highest BCUT2D eigenvalue weighted by atomic mass is 35.5. The van der Waals surface area contributed by atoms with Crippen LogP contribution in [0, 0.1) is 0 Å². The third-order valence-corrected chi connectivity index (χ3v) is 9.99. The zero-order valence-corrected chi connectivity index (χ0v) is 32.0. The highest BCUT2D eigenvalue weighted by Crippen LogP contribution is 2.37. The summed E-state index contributed by atoms with van der Waals surface area (Å²) in [6.07, 6.45) is 7.18. The summed E-state index contributed by atoms with van der Waals surface area (Å²) in [5, 5.41) is 33.8. The molecular formula is C40H41Cl4NO7. The number of benzene rings is 4. The molecule has 2 heterocycles. The molecule has 2 bridgehead atoms. The van der Waals surface area contributed by atoms with E-state index in [1.807, 2.05) is 13.1 Å². The van der Waals surface area contributed by atoms with Gasteiger partial charge < -0.3 is 24.8 Å². The van der Waals surface area contributed by atoms with Gasteiger partial charge in [-0.2, -0.15) is 0 Å². The highest BCUT2D eigenvalue weighted by molar-refractivity contribution is 6.31. The molecule has 8 nitrogen and oxygen atoms in total. The molecule has 52 heavy (non-hydrogen) atoms. The lowest BCUT2D eigenvalue weighted by Gasteiger charge is -2.33. The minimum atomic E-state index is -1.90. The zero-order valence-electron chi connectivity index (χ0n) is 28.9. The predicted octanol–water partition coefficient (Wildman–Crippen LogP) is 8.31. The number of hydrogen-bond acceptors (Lipinski definition) is 8. The lowest BCUT2D eigenvalue weighted by molar-refractivity contribution is -0.162. The Kier molecular flexibility index (Phi) is 14.3. The van der Waals surface area contributed by atoms with E-state index in [9.17, 15) is 24.9 Å². The number of hydrogen-bond donors (Lipinski definition) is 3. The van der Waals surface area contributed by atoms with Crippen molar-refractivity contribution in [2.45, 2.75) is 56.1 Å². The van der Waals surface area contributed by atoms with E-state index < -0.39 is 28.9 Å². The second-order valence-corrected chi connectivity index (χ2v) is 14.0. The van der Waals surface area contributed by atoms with Crippen LogP contribution in [0.5, 0.6) is 0 Å². The van der Waals surface area contributed by atoms with E-state index in [1.54, 1.807) is 111 Å². The summed E-state index contributed by atoms with van der Waals surface area (Å²) in [6, 6.07) is 26.2. The number of ether oxygens (including phenoxy) is 2. The van der Waals surface area contributed by atoms with Crippen molar-refractivity contribution < 1.29 is 34.4 Å². The van der Waals surface area contributed by atoms with E-state index in [2.05, 4.69) is 11.0 Å². The summed E-state index contributed by atoms with van der Waals surface area (Å²) in [5.74, 6) is -1.48. The third kappa shape index (κ3) is 9.37. The molecular weight excluding hydrogens is 748 g/mol. The third-order valence-electron chi connectivity index (χ3n) is 8.99. The van der Waals surface area contributed by atoms with Crippen LogP contribution in [-0.2, 0) is 30.3 Å². The molecule has 4 aromatic carbocycles. The van der Waals surface area contributed by atoms with Crippen LogP contribution < -0.4 is 0 Å². The molecule has 2 aliphatic heterocycles. The smallest absolute Gasteiger partial charge is 0.347 e.